The first kappa shape index (κ1) is 13.2. The van der Waals surface area contributed by atoms with Crippen molar-refractivity contribution in [3.63, 3.8) is 0 Å². The van der Waals surface area contributed by atoms with Crippen molar-refractivity contribution in [1.29, 1.82) is 0 Å². The molecule has 0 radical (unpaired) electrons. The van der Waals surface area contributed by atoms with Gasteiger partial charge in [-0.3, -0.25) is 9.69 Å². The summed E-state index contributed by atoms with van der Waals surface area (Å²) in [4.78, 5) is 14.2. The second kappa shape index (κ2) is 5.61. The Labute approximate surface area is 108 Å². The van der Waals surface area contributed by atoms with Crippen LogP contribution in [-0.4, -0.2) is 29.8 Å². The van der Waals surface area contributed by atoms with Crippen molar-refractivity contribution in [2.75, 3.05) is 13.1 Å². The largest absolute Gasteiger partial charge is 0.298 e. The number of hydrogen-bond donors (Lipinski definition) is 0. The van der Waals surface area contributed by atoms with Crippen molar-refractivity contribution in [3.05, 3.63) is 35.6 Å². The minimum atomic E-state index is -0.256. The summed E-state index contributed by atoms with van der Waals surface area (Å²) < 4.78 is 12.8. The summed E-state index contributed by atoms with van der Waals surface area (Å²) in [7, 11) is 0. The molecule has 2 nitrogen and oxygen atoms in total. The lowest BCUT2D eigenvalue weighted by Crippen LogP contribution is -2.33. The maximum Gasteiger partial charge on any atom is 0.151 e. The van der Waals surface area contributed by atoms with Gasteiger partial charge < -0.3 is 0 Å². The van der Waals surface area contributed by atoms with Gasteiger partial charge in [0.15, 0.2) is 5.78 Å². The lowest BCUT2D eigenvalue weighted by Gasteiger charge is -2.19. The molecule has 2 rings (SSSR count). The van der Waals surface area contributed by atoms with Gasteiger partial charge in [-0.05, 0) is 37.0 Å². The summed E-state index contributed by atoms with van der Waals surface area (Å²) in [5.41, 5.74) is 0.890. The molecular weight excluding hydrogens is 229 g/mol. The number of likely N-dealkylation sites (tertiary alicyclic amines) is 1. The zero-order chi connectivity index (χ0) is 13.1. The Morgan fingerprint density at radius 1 is 1.33 bits per heavy atom. The van der Waals surface area contributed by atoms with Crippen LogP contribution in [0.4, 0.5) is 4.39 Å². The number of rotatable bonds is 4. The number of benzene rings is 1. The van der Waals surface area contributed by atoms with E-state index in [0.29, 0.717) is 24.9 Å². The molecule has 0 aromatic heterocycles. The molecule has 1 aliphatic rings. The van der Waals surface area contributed by atoms with E-state index in [-0.39, 0.29) is 11.6 Å². The van der Waals surface area contributed by atoms with Gasteiger partial charge >= 0.3 is 0 Å². The van der Waals surface area contributed by atoms with Gasteiger partial charge in [0.25, 0.3) is 0 Å². The van der Waals surface area contributed by atoms with Gasteiger partial charge in [0, 0.05) is 19.0 Å². The van der Waals surface area contributed by atoms with Crippen LogP contribution in [0.5, 0.6) is 0 Å². The second-order valence-electron chi connectivity index (χ2n) is 5.46. The third kappa shape index (κ3) is 3.39. The first-order valence-corrected chi connectivity index (χ1v) is 6.55. The Morgan fingerprint density at radius 2 is 2.00 bits per heavy atom. The molecule has 3 heteroatoms. The number of Topliss-reactive ketones (excluding diaryl/α,β-unsaturated/α-hetero) is 1. The van der Waals surface area contributed by atoms with Crippen molar-refractivity contribution in [2.45, 2.75) is 32.7 Å². The first-order chi connectivity index (χ1) is 8.54. The molecule has 1 aliphatic heterocycles. The lowest BCUT2D eigenvalue weighted by atomic mass is 10.1. The molecule has 1 aromatic carbocycles. The molecule has 0 saturated carbocycles. The Kier molecular flexibility index (Phi) is 4.12. The Bertz CT molecular complexity index is 415. The summed E-state index contributed by atoms with van der Waals surface area (Å²) in [6.45, 7) is 5.93. The van der Waals surface area contributed by atoms with E-state index in [4.69, 9.17) is 0 Å². The van der Waals surface area contributed by atoms with Crippen LogP contribution in [-0.2, 0) is 11.2 Å². The third-order valence-corrected chi connectivity index (χ3v) is 3.61. The number of ketones is 1. The fourth-order valence-electron chi connectivity index (χ4n) is 2.72. The number of hydrogen-bond acceptors (Lipinski definition) is 2. The Morgan fingerprint density at radius 3 is 2.56 bits per heavy atom. The van der Waals surface area contributed by atoms with Gasteiger partial charge in [0.1, 0.15) is 5.82 Å². The molecule has 0 aliphatic carbocycles. The van der Waals surface area contributed by atoms with Crippen LogP contribution in [0.1, 0.15) is 25.8 Å². The molecule has 18 heavy (non-hydrogen) atoms. The van der Waals surface area contributed by atoms with E-state index in [1.165, 1.54) is 18.6 Å². The van der Waals surface area contributed by atoms with E-state index in [1.807, 2.05) is 0 Å². The average Bonchev–Trinajstić information content (AvgIpc) is 2.61. The minimum Gasteiger partial charge on any atom is -0.298 e. The second-order valence-corrected chi connectivity index (χ2v) is 5.46. The van der Waals surface area contributed by atoms with E-state index >= 15 is 0 Å². The van der Waals surface area contributed by atoms with E-state index in [0.717, 1.165) is 12.1 Å². The van der Waals surface area contributed by atoms with Crippen LogP contribution in [0.3, 0.4) is 0 Å². The standard InChI is InChI=1S/C15H20FNO/c1-11-7-12(2)17(9-11)10-15(18)8-13-3-5-14(16)6-4-13/h3-6,11-12H,7-10H2,1-2H3. The molecule has 0 N–H and O–H groups in total. The minimum absolute atomic E-state index is 0.211. The van der Waals surface area contributed by atoms with Gasteiger partial charge in [0.05, 0.1) is 6.54 Å². The monoisotopic (exact) mass is 249 g/mol. The number of carbonyl (C=O) groups is 1. The van der Waals surface area contributed by atoms with Gasteiger partial charge in [-0.15, -0.1) is 0 Å². The highest BCUT2D eigenvalue weighted by atomic mass is 19.1. The maximum absolute atomic E-state index is 12.8. The van der Waals surface area contributed by atoms with Crippen molar-refractivity contribution in [2.24, 2.45) is 5.92 Å². The van der Waals surface area contributed by atoms with E-state index in [9.17, 15) is 9.18 Å². The SMILES string of the molecule is CC1CC(C)N(CC(=O)Cc2ccc(F)cc2)C1. The predicted molar refractivity (Wildman–Crippen MR) is 69.9 cm³/mol. The molecule has 2 unspecified atom stereocenters. The van der Waals surface area contributed by atoms with E-state index < -0.39 is 0 Å². The van der Waals surface area contributed by atoms with Crippen molar-refractivity contribution in [1.82, 2.24) is 4.90 Å². The fourth-order valence-corrected chi connectivity index (χ4v) is 2.72. The molecule has 1 aromatic rings. The van der Waals surface area contributed by atoms with E-state index in [2.05, 4.69) is 18.7 Å². The molecule has 98 valence electrons. The summed E-state index contributed by atoms with van der Waals surface area (Å²) >= 11 is 0. The van der Waals surface area contributed by atoms with Gasteiger partial charge in [0.2, 0.25) is 0 Å². The zero-order valence-corrected chi connectivity index (χ0v) is 11.0. The van der Waals surface area contributed by atoms with Crippen molar-refractivity contribution >= 4 is 5.78 Å². The predicted octanol–water partition coefficient (Wildman–Crippen LogP) is 2.67. The van der Waals surface area contributed by atoms with Crippen LogP contribution < -0.4 is 0 Å². The highest BCUT2D eigenvalue weighted by Gasteiger charge is 2.27. The molecule has 1 heterocycles. The average molecular weight is 249 g/mol. The maximum atomic E-state index is 12.8. The first-order valence-electron chi connectivity index (χ1n) is 6.55. The Hall–Kier alpha value is -1.22. The summed E-state index contributed by atoms with van der Waals surface area (Å²) in [6.07, 6.45) is 1.57. The van der Waals surface area contributed by atoms with Crippen LogP contribution >= 0.6 is 0 Å². The fraction of sp³-hybridized carbons (Fsp3) is 0.533. The number of halogens is 1. The van der Waals surface area contributed by atoms with E-state index in [1.54, 1.807) is 12.1 Å². The zero-order valence-electron chi connectivity index (χ0n) is 11.0. The van der Waals surface area contributed by atoms with Crippen LogP contribution in [0.2, 0.25) is 0 Å². The summed E-state index contributed by atoms with van der Waals surface area (Å²) in [6, 6.07) is 6.68. The van der Waals surface area contributed by atoms with Crippen LogP contribution in [0.15, 0.2) is 24.3 Å². The molecule has 2 atom stereocenters. The van der Waals surface area contributed by atoms with Gasteiger partial charge in [-0.2, -0.15) is 0 Å². The molecule has 1 saturated heterocycles. The Balaban J connectivity index is 1.87. The smallest absolute Gasteiger partial charge is 0.151 e. The van der Waals surface area contributed by atoms with Crippen LogP contribution in [0.25, 0.3) is 0 Å². The summed E-state index contributed by atoms with van der Waals surface area (Å²) in [5, 5.41) is 0. The lowest BCUT2D eigenvalue weighted by molar-refractivity contribution is -0.119. The normalized spacial score (nSPS) is 24.4. The molecular formula is C15H20FNO. The number of nitrogens with zero attached hydrogens (tertiary/aromatic N) is 1. The third-order valence-electron chi connectivity index (χ3n) is 3.61. The van der Waals surface area contributed by atoms with Gasteiger partial charge in [-0.25, -0.2) is 4.39 Å². The molecule has 0 amide bonds. The number of carbonyl (C=O) groups excluding carboxylic acids is 1. The van der Waals surface area contributed by atoms with Crippen molar-refractivity contribution in [3.8, 4) is 0 Å². The quantitative estimate of drug-likeness (QED) is 0.817. The molecule has 1 fully saturated rings. The topological polar surface area (TPSA) is 20.3 Å². The summed E-state index contributed by atoms with van der Waals surface area (Å²) in [5.74, 6) is 0.634. The highest BCUT2D eigenvalue weighted by molar-refractivity contribution is 5.82. The highest BCUT2D eigenvalue weighted by Crippen LogP contribution is 2.21. The van der Waals surface area contributed by atoms with Crippen LogP contribution in [0, 0.1) is 11.7 Å². The molecule has 0 bridgehead atoms. The van der Waals surface area contributed by atoms with Gasteiger partial charge in [-0.1, -0.05) is 19.1 Å². The van der Waals surface area contributed by atoms with Crippen molar-refractivity contribution < 1.29 is 9.18 Å². The molecule has 0 spiro atoms.